The van der Waals surface area contributed by atoms with E-state index in [9.17, 15) is 13.2 Å². The topological polar surface area (TPSA) is 107 Å². The summed E-state index contributed by atoms with van der Waals surface area (Å²) in [5.74, 6) is -1.17. The lowest BCUT2D eigenvalue weighted by Crippen LogP contribution is -2.11. The summed E-state index contributed by atoms with van der Waals surface area (Å²) in [7, 11) is -3.81. The summed E-state index contributed by atoms with van der Waals surface area (Å²) in [5, 5.41) is 18.6. The van der Waals surface area contributed by atoms with E-state index in [1.165, 1.54) is 5.38 Å². The largest absolute Gasteiger partial charge is 0.478 e. The van der Waals surface area contributed by atoms with Gasteiger partial charge in [-0.05, 0) is 23.8 Å². The van der Waals surface area contributed by atoms with Crippen LogP contribution in [0.15, 0.2) is 39.9 Å². The van der Waals surface area contributed by atoms with Crippen LogP contribution in [0.4, 0.5) is 5.69 Å². The Morgan fingerprint density at radius 3 is 2.52 bits per heavy atom. The van der Waals surface area contributed by atoms with Gasteiger partial charge in [0, 0.05) is 11.1 Å². The van der Waals surface area contributed by atoms with Crippen LogP contribution in [-0.4, -0.2) is 19.5 Å². The van der Waals surface area contributed by atoms with Crippen LogP contribution in [0.25, 0.3) is 0 Å². The standard InChI is InChI=1S/C13H10N2O4S2/c14-6-5-9-1-3-11(4-2-9)15-21(18,19)12-7-10(8-20-12)13(16)17/h1-4,7-8,15H,5H2,(H,16,17). The highest BCUT2D eigenvalue weighted by atomic mass is 32.2. The summed E-state index contributed by atoms with van der Waals surface area (Å²) in [4.78, 5) is 10.8. The number of nitrogens with zero attached hydrogens (tertiary/aromatic N) is 1. The Morgan fingerprint density at radius 2 is 2.00 bits per heavy atom. The highest BCUT2D eigenvalue weighted by molar-refractivity contribution is 7.94. The van der Waals surface area contributed by atoms with Crippen molar-refractivity contribution in [3.63, 3.8) is 0 Å². The van der Waals surface area contributed by atoms with Crippen molar-refractivity contribution in [2.45, 2.75) is 10.6 Å². The van der Waals surface area contributed by atoms with Gasteiger partial charge < -0.3 is 5.11 Å². The molecule has 2 rings (SSSR count). The summed E-state index contributed by atoms with van der Waals surface area (Å²) in [5.41, 5.74) is 1.07. The van der Waals surface area contributed by atoms with E-state index in [1.54, 1.807) is 24.3 Å². The second-order valence-electron chi connectivity index (χ2n) is 4.10. The molecule has 1 aromatic carbocycles. The van der Waals surface area contributed by atoms with E-state index in [0.717, 1.165) is 23.0 Å². The zero-order valence-corrected chi connectivity index (χ0v) is 12.2. The third-order valence-electron chi connectivity index (χ3n) is 2.58. The van der Waals surface area contributed by atoms with Gasteiger partial charge in [0.25, 0.3) is 10.0 Å². The van der Waals surface area contributed by atoms with Gasteiger partial charge in [-0.2, -0.15) is 5.26 Å². The number of nitrogens with one attached hydrogen (secondary N) is 1. The Balaban J connectivity index is 2.20. The molecule has 0 saturated heterocycles. The van der Waals surface area contributed by atoms with Crippen molar-refractivity contribution in [2.75, 3.05) is 4.72 Å². The molecule has 8 heteroatoms. The fourth-order valence-corrected chi connectivity index (χ4v) is 3.77. The first-order chi connectivity index (χ1) is 9.92. The lowest BCUT2D eigenvalue weighted by Gasteiger charge is -2.06. The predicted octanol–water partition coefficient (Wildman–Crippen LogP) is 2.31. The average Bonchev–Trinajstić information content (AvgIpc) is 2.92. The molecule has 0 saturated carbocycles. The highest BCUT2D eigenvalue weighted by Crippen LogP contribution is 2.23. The van der Waals surface area contributed by atoms with Crippen molar-refractivity contribution in [3.05, 3.63) is 46.8 Å². The van der Waals surface area contributed by atoms with Crippen LogP contribution >= 0.6 is 11.3 Å². The average molecular weight is 322 g/mol. The molecular weight excluding hydrogens is 312 g/mol. The Hall–Kier alpha value is -2.37. The molecule has 0 aliphatic rings. The van der Waals surface area contributed by atoms with Crippen molar-refractivity contribution in [1.82, 2.24) is 0 Å². The zero-order valence-electron chi connectivity index (χ0n) is 10.6. The number of carboxylic acids is 1. The molecule has 6 nitrogen and oxygen atoms in total. The van der Waals surface area contributed by atoms with Gasteiger partial charge in [-0.25, -0.2) is 13.2 Å². The number of sulfonamides is 1. The molecule has 108 valence electrons. The van der Waals surface area contributed by atoms with E-state index < -0.39 is 16.0 Å². The zero-order chi connectivity index (χ0) is 15.5. The molecule has 0 amide bonds. The molecule has 0 radical (unpaired) electrons. The van der Waals surface area contributed by atoms with E-state index in [2.05, 4.69) is 4.72 Å². The van der Waals surface area contributed by atoms with Gasteiger partial charge >= 0.3 is 5.97 Å². The molecule has 0 fully saturated rings. The van der Waals surface area contributed by atoms with E-state index in [1.807, 2.05) is 6.07 Å². The van der Waals surface area contributed by atoms with Crippen molar-refractivity contribution < 1.29 is 18.3 Å². The number of rotatable bonds is 5. The molecule has 1 aromatic heterocycles. The number of carboxylic acid groups (broad SMARTS) is 1. The number of hydrogen-bond donors (Lipinski definition) is 2. The second-order valence-corrected chi connectivity index (χ2v) is 6.92. The van der Waals surface area contributed by atoms with Crippen LogP contribution < -0.4 is 4.72 Å². The molecule has 0 atom stereocenters. The highest BCUT2D eigenvalue weighted by Gasteiger charge is 2.18. The van der Waals surface area contributed by atoms with Gasteiger partial charge in [-0.3, -0.25) is 4.72 Å². The number of nitriles is 1. The number of benzene rings is 1. The molecule has 0 aliphatic carbocycles. The quantitative estimate of drug-likeness (QED) is 0.878. The van der Waals surface area contributed by atoms with Crippen LogP contribution in [-0.2, 0) is 16.4 Å². The minimum absolute atomic E-state index is 0.0651. The van der Waals surface area contributed by atoms with Crippen LogP contribution in [0.2, 0.25) is 0 Å². The summed E-state index contributed by atoms with van der Waals surface area (Å²) in [6.07, 6.45) is 0.250. The molecular formula is C13H10N2O4S2. The summed E-state index contributed by atoms with van der Waals surface area (Å²) in [6.45, 7) is 0. The van der Waals surface area contributed by atoms with Crippen LogP contribution in [0, 0.1) is 11.3 Å². The predicted molar refractivity (Wildman–Crippen MR) is 77.8 cm³/mol. The third-order valence-corrected chi connectivity index (χ3v) is 5.40. The van der Waals surface area contributed by atoms with E-state index in [-0.39, 0.29) is 16.2 Å². The molecule has 0 spiro atoms. The maximum absolute atomic E-state index is 12.1. The number of thiophene rings is 1. The smallest absolute Gasteiger partial charge is 0.336 e. The van der Waals surface area contributed by atoms with E-state index in [0.29, 0.717) is 5.69 Å². The minimum Gasteiger partial charge on any atom is -0.478 e. The van der Waals surface area contributed by atoms with Crippen LogP contribution in [0.1, 0.15) is 15.9 Å². The van der Waals surface area contributed by atoms with Gasteiger partial charge in [0.2, 0.25) is 0 Å². The Kier molecular flexibility index (Phi) is 4.26. The van der Waals surface area contributed by atoms with Gasteiger partial charge in [-0.1, -0.05) is 12.1 Å². The van der Waals surface area contributed by atoms with E-state index in [4.69, 9.17) is 10.4 Å². The fraction of sp³-hybridized carbons (Fsp3) is 0.0769. The van der Waals surface area contributed by atoms with Crippen molar-refractivity contribution in [3.8, 4) is 6.07 Å². The monoisotopic (exact) mass is 322 g/mol. The Labute approximate surface area is 125 Å². The van der Waals surface area contributed by atoms with Crippen LogP contribution in [0.3, 0.4) is 0 Å². The van der Waals surface area contributed by atoms with Gasteiger partial charge in [0.05, 0.1) is 18.1 Å². The van der Waals surface area contributed by atoms with Gasteiger partial charge in [0.15, 0.2) is 0 Å². The second kappa shape index (κ2) is 5.95. The lowest BCUT2D eigenvalue weighted by molar-refractivity contribution is 0.0697. The maximum Gasteiger partial charge on any atom is 0.336 e. The summed E-state index contributed by atoms with van der Waals surface area (Å²) >= 11 is 0.841. The lowest BCUT2D eigenvalue weighted by atomic mass is 10.1. The number of hydrogen-bond acceptors (Lipinski definition) is 5. The first-order valence-corrected chi connectivity index (χ1v) is 8.09. The SMILES string of the molecule is N#CCc1ccc(NS(=O)(=O)c2cc(C(=O)O)cs2)cc1. The Bertz CT molecular complexity index is 801. The molecule has 21 heavy (non-hydrogen) atoms. The first kappa shape index (κ1) is 15.0. The fourth-order valence-electron chi connectivity index (χ4n) is 1.56. The molecule has 0 aliphatic heterocycles. The Morgan fingerprint density at radius 1 is 1.33 bits per heavy atom. The molecule has 0 bridgehead atoms. The van der Waals surface area contributed by atoms with Crippen molar-refractivity contribution in [2.24, 2.45) is 0 Å². The van der Waals surface area contributed by atoms with Gasteiger partial charge in [-0.15, -0.1) is 11.3 Å². The van der Waals surface area contributed by atoms with Gasteiger partial charge in [0.1, 0.15) is 4.21 Å². The molecule has 2 N–H and O–H groups in total. The third kappa shape index (κ3) is 3.59. The van der Waals surface area contributed by atoms with Crippen molar-refractivity contribution in [1.29, 1.82) is 5.26 Å². The number of aromatic carboxylic acids is 1. The number of carbonyl (C=O) groups is 1. The number of anilines is 1. The minimum atomic E-state index is -3.81. The van der Waals surface area contributed by atoms with Crippen LogP contribution in [0.5, 0.6) is 0 Å². The maximum atomic E-state index is 12.1. The normalized spacial score (nSPS) is 10.8. The van der Waals surface area contributed by atoms with Crippen molar-refractivity contribution >= 4 is 33.0 Å². The molecule has 0 unspecified atom stereocenters. The summed E-state index contributed by atoms with van der Waals surface area (Å²) < 4.78 is 26.5. The summed E-state index contributed by atoms with van der Waals surface area (Å²) in [6, 6.07) is 9.51. The van der Waals surface area contributed by atoms with E-state index >= 15 is 0 Å². The molecule has 1 heterocycles. The first-order valence-electron chi connectivity index (χ1n) is 5.73. The molecule has 2 aromatic rings.